The number of ether oxygens (including phenoxy) is 2. The molecule has 1 fully saturated rings. The van der Waals surface area contributed by atoms with Gasteiger partial charge in [0.1, 0.15) is 12.7 Å². The van der Waals surface area contributed by atoms with E-state index in [1.54, 1.807) is 17.0 Å². The molecule has 2 aromatic carbocycles. The fourth-order valence-electron chi connectivity index (χ4n) is 3.50. The summed E-state index contributed by atoms with van der Waals surface area (Å²) in [7, 11) is 0. The first-order chi connectivity index (χ1) is 12.6. The van der Waals surface area contributed by atoms with Crippen LogP contribution in [-0.4, -0.2) is 41.8 Å². The fourth-order valence-corrected chi connectivity index (χ4v) is 3.69. The number of hydrogen-bond donors (Lipinski definition) is 1. The van der Waals surface area contributed by atoms with Crippen molar-refractivity contribution in [3.8, 4) is 22.6 Å². The Labute approximate surface area is 157 Å². The topological polar surface area (TPSA) is 59.0 Å². The maximum absolute atomic E-state index is 12.7. The van der Waals surface area contributed by atoms with Gasteiger partial charge in [0.15, 0.2) is 11.5 Å². The standard InChI is InChI=1S/C20H20ClNO4/c21-16-4-1-3-13(10-16)14-9-15-12-22(20(24)18-5-2-7-25-18)6-8-26-19(15)17(23)11-14/h1,3-4,9-11,18,23H,2,5-8,12H2/t18-/m1/s1. The Hall–Kier alpha value is -2.24. The van der Waals surface area contributed by atoms with Crippen molar-refractivity contribution < 1.29 is 19.4 Å². The first kappa shape index (κ1) is 17.2. The average molecular weight is 374 g/mol. The Balaban J connectivity index is 1.66. The first-order valence-corrected chi connectivity index (χ1v) is 9.14. The number of benzene rings is 2. The third kappa shape index (κ3) is 3.37. The normalized spacial score (nSPS) is 19.6. The number of phenols is 1. The Bertz CT molecular complexity index is 833. The largest absolute Gasteiger partial charge is 0.504 e. The zero-order valence-electron chi connectivity index (χ0n) is 14.3. The van der Waals surface area contributed by atoms with Crippen LogP contribution < -0.4 is 4.74 Å². The van der Waals surface area contributed by atoms with Gasteiger partial charge in [-0.3, -0.25) is 4.79 Å². The van der Waals surface area contributed by atoms with Crippen LogP contribution in [0.4, 0.5) is 0 Å². The van der Waals surface area contributed by atoms with Gasteiger partial charge in [-0.2, -0.15) is 0 Å². The van der Waals surface area contributed by atoms with Gasteiger partial charge in [-0.15, -0.1) is 0 Å². The van der Waals surface area contributed by atoms with Crippen LogP contribution in [0.2, 0.25) is 5.02 Å². The second kappa shape index (κ2) is 7.17. The molecule has 5 nitrogen and oxygen atoms in total. The highest BCUT2D eigenvalue weighted by atomic mass is 35.5. The van der Waals surface area contributed by atoms with E-state index in [1.807, 2.05) is 24.3 Å². The zero-order chi connectivity index (χ0) is 18.1. The van der Waals surface area contributed by atoms with Crippen molar-refractivity contribution in [3.63, 3.8) is 0 Å². The van der Waals surface area contributed by atoms with E-state index in [9.17, 15) is 9.90 Å². The van der Waals surface area contributed by atoms with Crippen LogP contribution in [0.25, 0.3) is 11.1 Å². The first-order valence-electron chi connectivity index (χ1n) is 8.77. The summed E-state index contributed by atoms with van der Waals surface area (Å²) >= 11 is 6.09. The summed E-state index contributed by atoms with van der Waals surface area (Å²) in [5, 5.41) is 11.1. The summed E-state index contributed by atoms with van der Waals surface area (Å²) in [5.74, 6) is 0.508. The van der Waals surface area contributed by atoms with E-state index in [0.29, 0.717) is 37.1 Å². The lowest BCUT2D eigenvalue weighted by Crippen LogP contribution is -2.39. The number of aromatic hydroxyl groups is 1. The molecule has 0 spiro atoms. The van der Waals surface area contributed by atoms with Gasteiger partial charge >= 0.3 is 0 Å². The number of carbonyl (C=O) groups is 1. The molecular weight excluding hydrogens is 354 g/mol. The molecule has 1 N–H and O–H groups in total. The molecule has 2 heterocycles. The Morgan fingerprint density at radius 2 is 2.08 bits per heavy atom. The van der Waals surface area contributed by atoms with Crippen LogP contribution in [0, 0.1) is 0 Å². The minimum Gasteiger partial charge on any atom is -0.504 e. The number of hydrogen-bond acceptors (Lipinski definition) is 4. The van der Waals surface area contributed by atoms with Gasteiger partial charge in [-0.1, -0.05) is 23.7 Å². The smallest absolute Gasteiger partial charge is 0.252 e. The number of amides is 1. The molecule has 1 amide bonds. The molecule has 0 aromatic heterocycles. The second-order valence-electron chi connectivity index (χ2n) is 6.60. The van der Waals surface area contributed by atoms with Gasteiger partial charge in [-0.05, 0) is 48.2 Å². The van der Waals surface area contributed by atoms with Crippen LogP contribution in [0.15, 0.2) is 36.4 Å². The summed E-state index contributed by atoms with van der Waals surface area (Å²) in [6.45, 7) is 1.84. The Kier molecular flexibility index (Phi) is 4.74. The van der Waals surface area contributed by atoms with E-state index in [4.69, 9.17) is 21.1 Å². The molecule has 0 saturated carbocycles. The molecule has 0 aliphatic carbocycles. The van der Waals surface area contributed by atoms with Crippen LogP contribution in [0.5, 0.6) is 11.5 Å². The highest BCUT2D eigenvalue weighted by Crippen LogP contribution is 2.38. The molecule has 0 bridgehead atoms. The average Bonchev–Trinajstić information content (AvgIpc) is 3.08. The third-order valence-corrected chi connectivity index (χ3v) is 5.02. The lowest BCUT2D eigenvalue weighted by molar-refractivity contribution is -0.141. The summed E-state index contributed by atoms with van der Waals surface area (Å²) in [4.78, 5) is 14.5. The Morgan fingerprint density at radius 1 is 1.19 bits per heavy atom. The fraction of sp³-hybridized carbons (Fsp3) is 0.350. The van der Waals surface area contributed by atoms with E-state index in [2.05, 4.69) is 0 Å². The highest BCUT2D eigenvalue weighted by molar-refractivity contribution is 6.30. The monoisotopic (exact) mass is 373 g/mol. The summed E-state index contributed by atoms with van der Waals surface area (Å²) in [6.07, 6.45) is 1.31. The molecule has 26 heavy (non-hydrogen) atoms. The van der Waals surface area contributed by atoms with Crippen LogP contribution in [0.1, 0.15) is 18.4 Å². The third-order valence-electron chi connectivity index (χ3n) is 4.79. The van der Waals surface area contributed by atoms with Crippen molar-refractivity contribution in [2.75, 3.05) is 19.8 Å². The van der Waals surface area contributed by atoms with Crippen LogP contribution in [0.3, 0.4) is 0 Å². The predicted octanol–water partition coefficient (Wildman–Crippen LogP) is 3.61. The molecule has 2 aromatic rings. The molecular formula is C20H20ClNO4. The van der Waals surface area contributed by atoms with Gasteiger partial charge in [0, 0.05) is 23.7 Å². The van der Waals surface area contributed by atoms with Crippen molar-refractivity contribution >= 4 is 17.5 Å². The second-order valence-corrected chi connectivity index (χ2v) is 7.04. The molecule has 0 radical (unpaired) electrons. The van der Waals surface area contributed by atoms with E-state index in [0.717, 1.165) is 29.5 Å². The number of nitrogens with zero attached hydrogens (tertiary/aromatic N) is 1. The van der Waals surface area contributed by atoms with Crippen LogP contribution in [-0.2, 0) is 16.1 Å². The zero-order valence-corrected chi connectivity index (χ0v) is 15.0. The minimum absolute atomic E-state index is 0.00778. The number of rotatable bonds is 2. The number of fused-ring (bicyclic) bond motifs is 1. The Morgan fingerprint density at radius 3 is 2.85 bits per heavy atom. The quantitative estimate of drug-likeness (QED) is 0.873. The molecule has 2 aliphatic heterocycles. The van der Waals surface area contributed by atoms with Crippen molar-refractivity contribution in [1.29, 1.82) is 0 Å². The van der Waals surface area contributed by atoms with Crippen molar-refractivity contribution in [2.45, 2.75) is 25.5 Å². The summed E-state index contributed by atoms with van der Waals surface area (Å²) in [5.41, 5.74) is 2.51. The molecule has 6 heteroatoms. The van der Waals surface area contributed by atoms with E-state index >= 15 is 0 Å². The van der Waals surface area contributed by atoms with Gasteiger partial charge in [0.2, 0.25) is 0 Å². The van der Waals surface area contributed by atoms with E-state index in [-0.39, 0.29) is 17.8 Å². The lowest BCUT2D eigenvalue weighted by Gasteiger charge is -2.23. The van der Waals surface area contributed by atoms with E-state index in [1.165, 1.54) is 0 Å². The SMILES string of the molecule is O=C([C@H]1CCCO1)N1CCOc2c(O)cc(-c3cccc(Cl)c3)cc2C1. The molecule has 136 valence electrons. The van der Waals surface area contributed by atoms with Gasteiger partial charge in [0.05, 0.1) is 6.54 Å². The van der Waals surface area contributed by atoms with Gasteiger partial charge < -0.3 is 19.5 Å². The molecule has 1 atom stereocenters. The minimum atomic E-state index is -0.360. The number of carbonyl (C=O) groups excluding carboxylic acids is 1. The van der Waals surface area contributed by atoms with Crippen LogP contribution >= 0.6 is 11.6 Å². The van der Waals surface area contributed by atoms with Crippen molar-refractivity contribution in [2.24, 2.45) is 0 Å². The summed E-state index contributed by atoms with van der Waals surface area (Å²) < 4.78 is 11.3. The number of halogens is 1. The highest BCUT2D eigenvalue weighted by Gasteiger charge is 2.30. The lowest BCUT2D eigenvalue weighted by atomic mass is 10.0. The maximum atomic E-state index is 12.7. The van der Waals surface area contributed by atoms with Gasteiger partial charge in [-0.25, -0.2) is 0 Å². The molecule has 0 unspecified atom stereocenters. The van der Waals surface area contributed by atoms with Crippen molar-refractivity contribution in [3.05, 3.63) is 47.0 Å². The summed E-state index contributed by atoms with van der Waals surface area (Å²) in [6, 6.07) is 11.1. The number of phenolic OH excluding ortho intramolecular Hbond substituents is 1. The predicted molar refractivity (Wildman–Crippen MR) is 98.4 cm³/mol. The molecule has 1 saturated heterocycles. The van der Waals surface area contributed by atoms with Gasteiger partial charge in [0.25, 0.3) is 5.91 Å². The van der Waals surface area contributed by atoms with E-state index < -0.39 is 0 Å². The van der Waals surface area contributed by atoms with Crippen molar-refractivity contribution in [1.82, 2.24) is 4.90 Å². The molecule has 4 rings (SSSR count). The molecule has 2 aliphatic rings. The maximum Gasteiger partial charge on any atom is 0.252 e.